The van der Waals surface area contributed by atoms with Gasteiger partial charge in [0.25, 0.3) is 5.91 Å². The summed E-state index contributed by atoms with van der Waals surface area (Å²) in [6.07, 6.45) is 0.997. The fourth-order valence-electron chi connectivity index (χ4n) is 4.81. The molecule has 0 aliphatic carbocycles. The van der Waals surface area contributed by atoms with E-state index < -0.39 is 60.0 Å². The Morgan fingerprint density at radius 2 is 1.64 bits per heavy atom. The number of likely N-dealkylation sites (N-methyl/N-ethyl adjacent to an activating group) is 1. The summed E-state index contributed by atoms with van der Waals surface area (Å²) in [6.45, 7) is 9.23. The van der Waals surface area contributed by atoms with E-state index in [1.165, 1.54) is 7.05 Å². The largest absolute Gasteiger partial charge is 0.379 e. The lowest BCUT2D eigenvalue weighted by Gasteiger charge is -2.29. The SMILES string of the molecule is CCC(C)C(NC(=O)C(CC(C)C)NC(=O)CN1CCOCC1)C(=O)C(=O)NCC(=O)N(C)C(Cc1ccccc1)C(N)=O. The van der Waals surface area contributed by atoms with E-state index in [1.807, 2.05) is 31.7 Å². The molecule has 1 heterocycles. The second-order valence-electron chi connectivity index (χ2n) is 11.7. The summed E-state index contributed by atoms with van der Waals surface area (Å²) in [6, 6.07) is 6.00. The number of rotatable bonds is 17. The van der Waals surface area contributed by atoms with E-state index in [2.05, 4.69) is 16.0 Å². The maximum Gasteiger partial charge on any atom is 0.290 e. The smallest absolute Gasteiger partial charge is 0.290 e. The summed E-state index contributed by atoms with van der Waals surface area (Å²) in [5.74, 6) is -4.53. The van der Waals surface area contributed by atoms with Crippen molar-refractivity contribution in [2.24, 2.45) is 17.6 Å². The van der Waals surface area contributed by atoms with Crippen molar-refractivity contribution in [2.75, 3.05) is 46.4 Å². The minimum absolute atomic E-state index is 0.0598. The number of hydrogen-bond donors (Lipinski definition) is 4. The molecule has 1 aliphatic heterocycles. The van der Waals surface area contributed by atoms with Crippen LogP contribution in [0.1, 0.15) is 46.1 Å². The number of carbonyl (C=O) groups excluding carboxylic acids is 6. The van der Waals surface area contributed by atoms with Crippen LogP contribution in [0.2, 0.25) is 0 Å². The summed E-state index contributed by atoms with van der Waals surface area (Å²) in [5.41, 5.74) is 6.35. The van der Waals surface area contributed by atoms with Crippen LogP contribution in [-0.4, -0.2) is 110 Å². The number of ether oxygens (including phenoxy) is 1. The topological polar surface area (TPSA) is 180 Å². The average Bonchev–Trinajstić information content (AvgIpc) is 3.00. The molecule has 5 N–H and O–H groups in total. The lowest BCUT2D eigenvalue weighted by molar-refractivity contribution is -0.143. The zero-order chi connectivity index (χ0) is 32.8. The average molecular weight is 617 g/mol. The molecular weight excluding hydrogens is 568 g/mol. The number of amides is 5. The van der Waals surface area contributed by atoms with Gasteiger partial charge in [0, 0.05) is 26.6 Å². The minimum Gasteiger partial charge on any atom is -0.379 e. The molecule has 1 aromatic rings. The Hall–Kier alpha value is -3.84. The second-order valence-corrected chi connectivity index (χ2v) is 11.7. The van der Waals surface area contributed by atoms with E-state index >= 15 is 0 Å². The highest BCUT2D eigenvalue weighted by Crippen LogP contribution is 2.12. The van der Waals surface area contributed by atoms with Crippen molar-refractivity contribution >= 4 is 35.3 Å². The number of carbonyl (C=O) groups is 6. The third-order valence-corrected chi connectivity index (χ3v) is 7.71. The molecule has 1 aromatic carbocycles. The third kappa shape index (κ3) is 11.7. The van der Waals surface area contributed by atoms with Crippen molar-refractivity contribution in [3.8, 4) is 0 Å². The highest BCUT2D eigenvalue weighted by molar-refractivity contribution is 6.38. The van der Waals surface area contributed by atoms with E-state index in [1.54, 1.807) is 31.2 Å². The predicted octanol–water partition coefficient (Wildman–Crippen LogP) is -0.379. The van der Waals surface area contributed by atoms with E-state index in [4.69, 9.17) is 10.5 Å². The molecule has 4 unspecified atom stereocenters. The fraction of sp³-hybridized carbons (Fsp3) is 0.613. The molecule has 5 amide bonds. The zero-order valence-electron chi connectivity index (χ0n) is 26.5. The van der Waals surface area contributed by atoms with Gasteiger partial charge in [-0.2, -0.15) is 0 Å². The van der Waals surface area contributed by atoms with E-state index in [-0.39, 0.29) is 24.8 Å². The van der Waals surface area contributed by atoms with Gasteiger partial charge in [0.2, 0.25) is 29.4 Å². The highest BCUT2D eigenvalue weighted by Gasteiger charge is 2.34. The lowest BCUT2D eigenvalue weighted by Crippen LogP contribution is -2.57. The van der Waals surface area contributed by atoms with Gasteiger partial charge in [-0.3, -0.25) is 33.7 Å². The Morgan fingerprint density at radius 1 is 1.00 bits per heavy atom. The van der Waals surface area contributed by atoms with Crippen LogP contribution in [0.25, 0.3) is 0 Å². The first-order valence-electron chi connectivity index (χ1n) is 15.1. The van der Waals surface area contributed by atoms with E-state index in [0.717, 1.165) is 10.5 Å². The van der Waals surface area contributed by atoms with Gasteiger partial charge < -0.3 is 31.3 Å². The monoisotopic (exact) mass is 616 g/mol. The third-order valence-electron chi connectivity index (χ3n) is 7.71. The molecule has 0 saturated carbocycles. The number of morpholine rings is 1. The van der Waals surface area contributed by atoms with Crippen LogP contribution < -0.4 is 21.7 Å². The van der Waals surface area contributed by atoms with Crippen molar-refractivity contribution in [1.82, 2.24) is 25.8 Å². The Labute approximate surface area is 259 Å². The van der Waals surface area contributed by atoms with Crippen LogP contribution in [0.15, 0.2) is 30.3 Å². The second kappa shape index (κ2) is 18.1. The quantitative estimate of drug-likeness (QED) is 0.171. The van der Waals surface area contributed by atoms with Crippen molar-refractivity contribution < 1.29 is 33.5 Å². The van der Waals surface area contributed by atoms with Gasteiger partial charge in [-0.15, -0.1) is 0 Å². The molecule has 2 rings (SSSR count). The number of hydrogen-bond acceptors (Lipinski definition) is 8. The number of nitrogens with one attached hydrogen (secondary N) is 3. The minimum atomic E-state index is -1.18. The Bertz CT molecular complexity index is 1140. The predicted molar refractivity (Wildman–Crippen MR) is 164 cm³/mol. The van der Waals surface area contributed by atoms with E-state index in [9.17, 15) is 28.8 Å². The van der Waals surface area contributed by atoms with Crippen LogP contribution in [0.5, 0.6) is 0 Å². The Morgan fingerprint density at radius 3 is 2.20 bits per heavy atom. The van der Waals surface area contributed by atoms with Crippen LogP contribution in [0.3, 0.4) is 0 Å². The molecule has 13 nitrogen and oxygen atoms in total. The molecule has 1 saturated heterocycles. The Kier molecular flexibility index (Phi) is 14.9. The molecule has 1 aliphatic rings. The molecule has 0 bridgehead atoms. The van der Waals surface area contributed by atoms with Gasteiger partial charge in [0.15, 0.2) is 0 Å². The molecule has 44 heavy (non-hydrogen) atoms. The summed E-state index contributed by atoms with van der Waals surface area (Å²) >= 11 is 0. The molecular formula is C31H48N6O7. The molecule has 244 valence electrons. The first-order valence-corrected chi connectivity index (χ1v) is 15.1. The first-order chi connectivity index (χ1) is 20.8. The van der Waals surface area contributed by atoms with Gasteiger partial charge in [0.05, 0.1) is 32.3 Å². The van der Waals surface area contributed by atoms with Crippen LogP contribution in [0.4, 0.5) is 0 Å². The summed E-state index contributed by atoms with van der Waals surface area (Å²) in [4.78, 5) is 80.3. The molecule has 0 aromatic heterocycles. The van der Waals surface area contributed by atoms with Crippen LogP contribution in [-0.2, 0) is 39.9 Å². The Balaban J connectivity index is 2.04. The zero-order valence-corrected chi connectivity index (χ0v) is 26.5. The van der Waals surface area contributed by atoms with Crippen LogP contribution >= 0.6 is 0 Å². The maximum absolute atomic E-state index is 13.4. The summed E-state index contributed by atoms with van der Waals surface area (Å²) in [7, 11) is 1.40. The van der Waals surface area contributed by atoms with Gasteiger partial charge in [0.1, 0.15) is 12.1 Å². The molecule has 1 fully saturated rings. The van der Waals surface area contributed by atoms with Gasteiger partial charge in [-0.05, 0) is 23.8 Å². The lowest BCUT2D eigenvalue weighted by atomic mass is 9.93. The summed E-state index contributed by atoms with van der Waals surface area (Å²) < 4.78 is 5.31. The maximum atomic E-state index is 13.4. The number of nitrogens with two attached hydrogens (primary N) is 1. The molecule has 0 spiro atoms. The standard InChI is InChI=1S/C31H48N6O7/c1-6-21(4)27(35-30(42)23(16-20(2)3)34-25(38)19-37-12-14-44-15-13-37)28(40)31(43)33-18-26(39)36(5)24(29(32)41)17-22-10-8-7-9-11-22/h7-11,20-21,23-24,27H,6,12-19H2,1-5H3,(H2,32,41)(H,33,43)(H,34,38)(H,35,42). The van der Waals surface area contributed by atoms with Crippen molar-refractivity contribution in [3.63, 3.8) is 0 Å². The number of benzene rings is 1. The molecule has 0 radical (unpaired) electrons. The normalized spacial score (nSPS) is 16.2. The number of nitrogens with zero attached hydrogens (tertiary/aromatic N) is 2. The van der Waals surface area contributed by atoms with Crippen molar-refractivity contribution in [3.05, 3.63) is 35.9 Å². The van der Waals surface area contributed by atoms with Crippen LogP contribution in [0, 0.1) is 11.8 Å². The highest BCUT2D eigenvalue weighted by atomic mass is 16.5. The number of primary amides is 1. The first kappa shape index (κ1) is 36.4. The van der Waals surface area contributed by atoms with Crippen molar-refractivity contribution in [1.29, 1.82) is 0 Å². The summed E-state index contributed by atoms with van der Waals surface area (Å²) in [5, 5.41) is 7.79. The van der Waals surface area contributed by atoms with Gasteiger partial charge in [-0.25, -0.2) is 0 Å². The van der Waals surface area contributed by atoms with E-state index in [0.29, 0.717) is 39.1 Å². The van der Waals surface area contributed by atoms with Gasteiger partial charge >= 0.3 is 0 Å². The molecule has 13 heteroatoms. The number of ketones is 1. The van der Waals surface area contributed by atoms with Gasteiger partial charge in [-0.1, -0.05) is 64.4 Å². The van der Waals surface area contributed by atoms with Crippen molar-refractivity contribution in [2.45, 2.75) is 65.1 Å². The molecule has 4 atom stereocenters. The number of Topliss-reactive ketones (excluding diaryl/α,β-unsaturated/α-hetero) is 1. The fourth-order valence-corrected chi connectivity index (χ4v) is 4.81.